The average molecular weight is 247 g/mol. The highest BCUT2D eigenvalue weighted by molar-refractivity contribution is 5.37. The number of nitrogens with zero attached hydrogens (tertiary/aromatic N) is 4. The SMILES string of the molecule is CN1C2CCC1CN(c1cncc(CN)n1)CC2. The molecule has 2 fully saturated rings. The molecule has 98 valence electrons. The van der Waals surface area contributed by atoms with Gasteiger partial charge in [-0.3, -0.25) is 9.88 Å². The van der Waals surface area contributed by atoms with Crippen molar-refractivity contribution in [2.75, 3.05) is 25.0 Å². The Bertz CT molecular complexity index is 422. The minimum atomic E-state index is 0.459. The number of rotatable bonds is 2. The third kappa shape index (κ3) is 2.08. The number of hydrogen-bond acceptors (Lipinski definition) is 5. The standard InChI is InChI=1S/C13H21N5/c1-17-11-2-3-12(17)9-18(5-4-11)13-8-15-7-10(6-14)16-13/h7-8,11-12H,2-6,9,14H2,1H3. The Morgan fingerprint density at radius 2 is 2.11 bits per heavy atom. The monoisotopic (exact) mass is 247 g/mol. The molecule has 5 nitrogen and oxygen atoms in total. The molecule has 2 aliphatic heterocycles. The lowest BCUT2D eigenvalue weighted by atomic mass is 10.1. The number of nitrogens with two attached hydrogens (primary N) is 1. The van der Waals surface area contributed by atoms with Crippen LogP contribution >= 0.6 is 0 Å². The molecule has 3 heterocycles. The molecule has 2 atom stereocenters. The summed E-state index contributed by atoms with van der Waals surface area (Å²) in [5.74, 6) is 0.985. The molecule has 2 saturated heterocycles. The van der Waals surface area contributed by atoms with Crippen molar-refractivity contribution in [2.24, 2.45) is 5.73 Å². The zero-order chi connectivity index (χ0) is 12.5. The summed E-state index contributed by atoms with van der Waals surface area (Å²) in [6.45, 7) is 2.60. The van der Waals surface area contributed by atoms with Gasteiger partial charge >= 0.3 is 0 Å². The van der Waals surface area contributed by atoms with E-state index in [1.165, 1.54) is 19.3 Å². The summed E-state index contributed by atoms with van der Waals surface area (Å²) < 4.78 is 0. The lowest BCUT2D eigenvalue weighted by Gasteiger charge is -2.26. The first-order chi connectivity index (χ1) is 8.78. The van der Waals surface area contributed by atoms with Crippen LogP contribution in [0.5, 0.6) is 0 Å². The fraction of sp³-hybridized carbons (Fsp3) is 0.692. The van der Waals surface area contributed by atoms with Crippen molar-refractivity contribution in [2.45, 2.75) is 37.9 Å². The predicted molar refractivity (Wildman–Crippen MR) is 71.3 cm³/mol. The van der Waals surface area contributed by atoms with Crippen molar-refractivity contribution in [1.29, 1.82) is 0 Å². The summed E-state index contributed by atoms with van der Waals surface area (Å²) in [6.07, 6.45) is 7.49. The van der Waals surface area contributed by atoms with E-state index in [1.54, 1.807) is 6.20 Å². The van der Waals surface area contributed by atoms with Crippen molar-refractivity contribution < 1.29 is 0 Å². The van der Waals surface area contributed by atoms with Crippen LogP contribution in [0.1, 0.15) is 25.0 Å². The Kier molecular flexibility index (Phi) is 3.18. The van der Waals surface area contributed by atoms with E-state index in [1.807, 2.05) is 6.20 Å². The Labute approximate surface area is 108 Å². The molecule has 0 radical (unpaired) electrons. The first kappa shape index (κ1) is 11.9. The highest BCUT2D eigenvalue weighted by Crippen LogP contribution is 2.29. The van der Waals surface area contributed by atoms with Crippen LogP contribution in [0.3, 0.4) is 0 Å². The first-order valence-electron chi connectivity index (χ1n) is 6.76. The van der Waals surface area contributed by atoms with Gasteiger partial charge in [-0.25, -0.2) is 4.98 Å². The maximum absolute atomic E-state index is 5.63. The van der Waals surface area contributed by atoms with Crippen molar-refractivity contribution in [1.82, 2.24) is 14.9 Å². The lowest BCUT2D eigenvalue weighted by molar-refractivity contribution is 0.254. The van der Waals surface area contributed by atoms with Gasteiger partial charge in [-0.2, -0.15) is 0 Å². The third-order valence-corrected chi connectivity index (χ3v) is 4.35. The summed E-state index contributed by atoms with van der Waals surface area (Å²) in [7, 11) is 2.26. The molecule has 2 aliphatic rings. The predicted octanol–water partition coefficient (Wildman–Crippen LogP) is 0.608. The minimum Gasteiger partial charge on any atom is -0.354 e. The molecule has 0 aromatic carbocycles. The molecule has 1 aromatic rings. The van der Waals surface area contributed by atoms with Crippen LogP contribution in [0.25, 0.3) is 0 Å². The molecule has 0 aliphatic carbocycles. The topological polar surface area (TPSA) is 58.3 Å². The van der Waals surface area contributed by atoms with Crippen molar-refractivity contribution >= 4 is 5.82 Å². The van der Waals surface area contributed by atoms with Gasteiger partial charge in [0.1, 0.15) is 5.82 Å². The van der Waals surface area contributed by atoms with Gasteiger partial charge in [0.15, 0.2) is 0 Å². The molecule has 0 amide bonds. The van der Waals surface area contributed by atoms with E-state index >= 15 is 0 Å². The van der Waals surface area contributed by atoms with Crippen LogP contribution in [0, 0.1) is 0 Å². The second-order valence-corrected chi connectivity index (χ2v) is 5.36. The number of hydrogen-bond donors (Lipinski definition) is 1. The van der Waals surface area contributed by atoms with E-state index in [0.29, 0.717) is 12.6 Å². The van der Waals surface area contributed by atoms with Gasteiger partial charge in [-0.1, -0.05) is 0 Å². The van der Waals surface area contributed by atoms with E-state index in [0.717, 1.165) is 30.6 Å². The normalized spacial score (nSPS) is 28.4. The second kappa shape index (κ2) is 4.82. The summed E-state index contributed by atoms with van der Waals surface area (Å²) >= 11 is 0. The quantitative estimate of drug-likeness (QED) is 0.829. The molecule has 1 aromatic heterocycles. The Morgan fingerprint density at radius 3 is 2.94 bits per heavy atom. The van der Waals surface area contributed by atoms with E-state index in [9.17, 15) is 0 Å². The molecular formula is C13H21N5. The largest absolute Gasteiger partial charge is 0.354 e. The summed E-state index contributed by atoms with van der Waals surface area (Å²) in [6, 6.07) is 1.42. The zero-order valence-corrected chi connectivity index (χ0v) is 10.9. The molecule has 5 heteroatoms. The number of fused-ring (bicyclic) bond motifs is 2. The highest BCUT2D eigenvalue weighted by atomic mass is 15.3. The van der Waals surface area contributed by atoms with Gasteiger partial charge < -0.3 is 10.6 Å². The molecule has 2 unspecified atom stereocenters. The van der Waals surface area contributed by atoms with Crippen LogP contribution in [-0.4, -0.2) is 47.1 Å². The molecule has 18 heavy (non-hydrogen) atoms. The highest BCUT2D eigenvalue weighted by Gasteiger charge is 2.34. The van der Waals surface area contributed by atoms with Crippen molar-refractivity contribution in [3.63, 3.8) is 0 Å². The van der Waals surface area contributed by atoms with Gasteiger partial charge in [-0.15, -0.1) is 0 Å². The Balaban J connectivity index is 1.80. The maximum atomic E-state index is 5.63. The maximum Gasteiger partial charge on any atom is 0.147 e. The van der Waals surface area contributed by atoms with Crippen LogP contribution < -0.4 is 10.6 Å². The zero-order valence-electron chi connectivity index (χ0n) is 10.9. The van der Waals surface area contributed by atoms with Crippen molar-refractivity contribution in [3.8, 4) is 0 Å². The van der Waals surface area contributed by atoms with Gasteiger partial charge in [0.05, 0.1) is 11.9 Å². The summed E-state index contributed by atoms with van der Waals surface area (Å²) in [4.78, 5) is 13.7. The molecule has 3 rings (SSSR count). The fourth-order valence-corrected chi connectivity index (χ4v) is 3.16. The number of likely N-dealkylation sites (N-methyl/N-ethyl adjacent to an activating group) is 1. The first-order valence-corrected chi connectivity index (χ1v) is 6.76. The lowest BCUT2D eigenvalue weighted by Crippen LogP contribution is -2.37. The van der Waals surface area contributed by atoms with E-state index in [-0.39, 0.29) is 0 Å². The molecule has 0 saturated carbocycles. The van der Waals surface area contributed by atoms with Gasteiger partial charge in [0.25, 0.3) is 0 Å². The van der Waals surface area contributed by atoms with Crippen LogP contribution in [0.2, 0.25) is 0 Å². The average Bonchev–Trinajstić information content (AvgIpc) is 2.63. The molecule has 0 spiro atoms. The van der Waals surface area contributed by atoms with E-state index < -0.39 is 0 Å². The van der Waals surface area contributed by atoms with Crippen LogP contribution in [0.15, 0.2) is 12.4 Å². The van der Waals surface area contributed by atoms with Gasteiger partial charge in [0, 0.05) is 37.9 Å². The van der Waals surface area contributed by atoms with E-state index in [2.05, 4.69) is 26.8 Å². The van der Waals surface area contributed by atoms with Crippen molar-refractivity contribution in [3.05, 3.63) is 18.1 Å². The van der Waals surface area contributed by atoms with Gasteiger partial charge in [-0.05, 0) is 26.3 Å². The second-order valence-electron chi connectivity index (χ2n) is 5.36. The van der Waals surface area contributed by atoms with E-state index in [4.69, 9.17) is 5.73 Å². The third-order valence-electron chi connectivity index (χ3n) is 4.35. The molecule has 2 bridgehead atoms. The number of anilines is 1. The van der Waals surface area contributed by atoms with Crippen LogP contribution in [-0.2, 0) is 6.54 Å². The minimum absolute atomic E-state index is 0.459. The van der Waals surface area contributed by atoms with Crippen LogP contribution in [0.4, 0.5) is 5.82 Å². The smallest absolute Gasteiger partial charge is 0.147 e. The summed E-state index contributed by atoms with van der Waals surface area (Å²) in [5.41, 5.74) is 6.50. The fourth-order valence-electron chi connectivity index (χ4n) is 3.16. The summed E-state index contributed by atoms with van der Waals surface area (Å²) in [5, 5.41) is 0. The van der Waals surface area contributed by atoms with Gasteiger partial charge in [0.2, 0.25) is 0 Å². The Morgan fingerprint density at radius 1 is 1.28 bits per heavy atom. The molecule has 2 N–H and O–H groups in total. The Hall–Kier alpha value is -1.20. The molecular weight excluding hydrogens is 226 g/mol. The number of aromatic nitrogens is 2.